The summed E-state index contributed by atoms with van der Waals surface area (Å²) in [5.41, 5.74) is 2.65. The Balaban J connectivity index is 1.43. The number of rotatable bonds is 7. The second kappa shape index (κ2) is 9.00. The van der Waals surface area contributed by atoms with E-state index >= 15 is 0 Å². The average Bonchev–Trinajstić information content (AvgIpc) is 3.28. The molecule has 4 rings (SSSR count). The molecule has 1 saturated heterocycles. The van der Waals surface area contributed by atoms with Gasteiger partial charge in [0, 0.05) is 18.3 Å². The summed E-state index contributed by atoms with van der Waals surface area (Å²) in [5, 5.41) is 9.97. The van der Waals surface area contributed by atoms with Crippen LogP contribution in [-0.2, 0) is 14.3 Å². The van der Waals surface area contributed by atoms with Gasteiger partial charge in [-0.15, -0.1) is 0 Å². The largest absolute Gasteiger partial charge is 0.462 e. The lowest BCUT2D eigenvalue weighted by Gasteiger charge is -2.24. The van der Waals surface area contributed by atoms with Gasteiger partial charge in [-0.3, -0.25) is 4.79 Å². The molecule has 0 aromatic heterocycles. The predicted octanol–water partition coefficient (Wildman–Crippen LogP) is 4.38. The van der Waals surface area contributed by atoms with Crippen molar-refractivity contribution < 1.29 is 24.2 Å². The highest BCUT2D eigenvalue weighted by molar-refractivity contribution is 5.90. The zero-order valence-electron chi connectivity index (χ0n) is 17.2. The van der Waals surface area contributed by atoms with Crippen molar-refractivity contribution in [3.05, 3.63) is 60.2 Å². The Bertz CT molecular complexity index is 876. The Hall–Kier alpha value is -2.66. The number of carbonyl (C=O) groups excluding carboxylic acids is 2. The number of hydrogen-bond acceptors (Lipinski definition) is 5. The minimum Gasteiger partial charge on any atom is -0.462 e. The second-order valence-corrected chi connectivity index (χ2v) is 8.32. The molecule has 1 heterocycles. The van der Waals surface area contributed by atoms with Crippen LogP contribution in [0.2, 0.25) is 0 Å². The molecule has 0 amide bonds. The number of carbonyl (C=O) groups is 2. The van der Waals surface area contributed by atoms with Gasteiger partial charge in [0.1, 0.15) is 12.2 Å². The summed E-state index contributed by atoms with van der Waals surface area (Å²) < 4.78 is 11.3. The summed E-state index contributed by atoms with van der Waals surface area (Å²) >= 11 is 0. The monoisotopic (exact) mass is 408 g/mol. The maximum Gasteiger partial charge on any atom is 0.338 e. The van der Waals surface area contributed by atoms with E-state index in [-0.39, 0.29) is 42.1 Å². The van der Waals surface area contributed by atoms with Crippen molar-refractivity contribution in [1.29, 1.82) is 0 Å². The van der Waals surface area contributed by atoms with Crippen LogP contribution in [0.15, 0.2) is 54.6 Å². The lowest BCUT2D eigenvalue weighted by atomic mass is 9.87. The SMILES string of the molecule is CC[C@H](O)CC[C@@H]1[C@H]2CC(=O)O[C@H]2C[C@H]1OC(=O)c1ccc(-c2ccccc2)cc1. The van der Waals surface area contributed by atoms with Crippen molar-refractivity contribution in [1.82, 2.24) is 0 Å². The van der Waals surface area contributed by atoms with Gasteiger partial charge in [0.2, 0.25) is 0 Å². The van der Waals surface area contributed by atoms with Crippen LogP contribution in [0.3, 0.4) is 0 Å². The van der Waals surface area contributed by atoms with Crippen LogP contribution in [-0.4, -0.2) is 35.4 Å². The number of aliphatic hydroxyl groups is 1. The Kier molecular flexibility index (Phi) is 6.18. The average molecular weight is 408 g/mol. The molecule has 2 aromatic carbocycles. The van der Waals surface area contributed by atoms with Crippen molar-refractivity contribution in [3.8, 4) is 11.1 Å². The van der Waals surface area contributed by atoms with Crippen LogP contribution in [0.5, 0.6) is 0 Å². The molecule has 5 nitrogen and oxygen atoms in total. The molecule has 0 radical (unpaired) electrons. The molecule has 2 aromatic rings. The normalized spacial score (nSPS) is 26.1. The lowest BCUT2D eigenvalue weighted by Crippen LogP contribution is -2.27. The molecule has 1 saturated carbocycles. The van der Waals surface area contributed by atoms with Crippen molar-refractivity contribution in [2.45, 2.75) is 57.3 Å². The molecule has 0 spiro atoms. The first-order valence-electron chi connectivity index (χ1n) is 10.8. The minimum atomic E-state index is -0.371. The number of benzene rings is 2. The van der Waals surface area contributed by atoms with Crippen molar-refractivity contribution in [3.63, 3.8) is 0 Å². The van der Waals surface area contributed by atoms with E-state index in [1.807, 2.05) is 49.4 Å². The Labute approximate surface area is 177 Å². The van der Waals surface area contributed by atoms with E-state index in [1.54, 1.807) is 12.1 Å². The van der Waals surface area contributed by atoms with E-state index in [9.17, 15) is 14.7 Å². The first-order chi connectivity index (χ1) is 14.5. The minimum absolute atomic E-state index is 0.0372. The summed E-state index contributed by atoms with van der Waals surface area (Å²) in [7, 11) is 0. The molecule has 1 aliphatic carbocycles. The number of aliphatic hydroxyl groups excluding tert-OH is 1. The summed E-state index contributed by atoms with van der Waals surface area (Å²) in [6, 6.07) is 17.4. The fourth-order valence-corrected chi connectivity index (χ4v) is 4.72. The maximum absolute atomic E-state index is 12.8. The molecule has 1 aliphatic heterocycles. The first kappa shape index (κ1) is 20.6. The number of fused-ring (bicyclic) bond motifs is 1. The highest BCUT2D eigenvalue weighted by atomic mass is 16.6. The third-order valence-electron chi connectivity index (χ3n) is 6.45. The highest BCUT2D eigenvalue weighted by Crippen LogP contribution is 2.45. The van der Waals surface area contributed by atoms with Crippen LogP contribution < -0.4 is 0 Å². The molecule has 2 fully saturated rings. The Morgan fingerprint density at radius 2 is 1.83 bits per heavy atom. The fourth-order valence-electron chi connectivity index (χ4n) is 4.72. The van der Waals surface area contributed by atoms with Gasteiger partial charge in [-0.25, -0.2) is 4.79 Å². The third-order valence-corrected chi connectivity index (χ3v) is 6.45. The third kappa shape index (κ3) is 4.41. The summed E-state index contributed by atoms with van der Waals surface area (Å²) in [6.45, 7) is 1.95. The zero-order chi connectivity index (χ0) is 21.1. The number of esters is 2. The van der Waals surface area contributed by atoms with Gasteiger partial charge in [0.25, 0.3) is 0 Å². The topological polar surface area (TPSA) is 72.8 Å². The Morgan fingerprint density at radius 1 is 1.13 bits per heavy atom. The van der Waals surface area contributed by atoms with Crippen molar-refractivity contribution in [2.24, 2.45) is 11.8 Å². The van der Waals surface area contributed by atoms with Crippen LogP contribution in [0.1, 0.15) is 49.4 Å². The van der Waals surface area contributed by atoms with E-state index in [4.69, 9.17) is 9.47 Å². The molecule has 5 heteroatoms. The smallest absolute Gasteiger partial charge is 0.338 e. The molecule has 0 bridgehead atoms. The molecule has 30 heavy (non-hydrogen) atoms. The van der Waals surface area contributed by atoms with Crippen molar-refractivity contribution >= 4 is 11.9 Å². The van der Waals surface area contributed by atoms with Gasteiger partial charge in [0.05, 0.1) is 18.1 Å². The van der Waals surface area contributed by atoms with E-state index in [0.29, 0.717) is 31.2 Å². The molecule has 2 aliphatic rings. The van der Waals surface area contributed by atoms with Crippen LogP contribution in [0.4, 0.5) is 0 Å². The van der Waals surface area contributed by atoms with Gasteiger partial charge >= 0.3 is 11.9 Å². The summed E-state index contributed by atoms with van der Waals surface area (Å²) in [6.07, 6.45) is 2.11. The van der Waals surface area contributed by atoms with Crippen molar-refractivity contribution in [2.75, 3.05) is 0 Å². The molecular formula is C25H28O5. The van der Waals surface area contributed by atoms with Gasteiger partial charge < -0.3 is 14.6 Å². The lowest BCUT2D eigenvalue weighted by molar-refractivity contribution is -0.141. The molecular weight excluding hydrogens is 380 g/mol. The zero-order valence-corrected chi connectivity index (χ0v) is 17.2. The second-order valence-electron chi connectivity index (χ2n) is 8.32. The summed E-state index contributed by atoms with van der Waals surface area (Å²) in [5.74, 6) is -0.422. The van der Waals surface area contributed by atoms with Crippen LogP contribution in [0.25, 0.3) is 11.1 Å². The van der Waals surface area contributed by atoms with Crippen LogP contribution in [0, 0.1) is 11.8 Å². The number of hydrogen-bond donors (Lipinski definition) is 1. The molecule has 0 unspecified atom stereocenters. The Morgan fingerprint density at radius 3 is 2.53 bits per heavy atom. The molecule has 5 atom stereocenters. The first-order valence-corrected chi connectivity index (χ1v) is 10.8. The van der Waals surface area contributed by atoms with E-state index in [2.05, 4.69) is 0 Å². The van der Waals surface area contributed by atoms with Crippen LogP contribution >= 0.6 is 0 Å². The van der Waals surface area contributed by atoms with E-state index in [1.165, 1.54) is 0 Å². The van der Waals surface area contributed by atoms with E-state index < -0.39 is 0 Å². The number of ether oxygens (including phenoxy) is 2. The molecule has 158 valence electrons. The van der Waals surface area contributed by atoms with Gasteiger partial charge in [-0.1, -0.05) is 49.4 Å². The van der Waals surface area contributed by atoms with Gasteiger partial charge in [0.15, 0.2) is 0 Å². The van der Waals surface area contributed by atoms with Gasteiger partial charge in [-0.2, -0.15) is 0 Å². The highest BCUT2D eigenvalue weighted by Gasteiger charge is 2.51. The van der Waals surface area contributed by atoms with E-state index in [0.717, 1.165) is 17.5 Å². The quantitative estimate of drug-likeness (QED) is 0.688. The molecule has 1 N–H and O–H groups in total. The predicted molar refractivity (Wildman–Crippen MR) is 113 cm³/mol. The van der Waals surface area contributed by atoms with Gasteiger partial charge in [-0.05, 0) is 42.5 Å². The standard InChI is InChI=1S/C25H28O5/c1-2-19(26)12-13-20-21-14-24(27)29-23(21)15-22(20)30-25(28)18-10-8-17(9-11-18)16-6-4-3-5-7-16/h3-11,19-23,26H,2,12-15H2,1H3/t19-,20+,21+,22+,23-/m0/s1. The summed E-state index contributed by atoms with van der Waals surface area (Å²) in [4.78, 5) is 24.5. The maximum atomic E-state index is 12.8. The fraction of sp³-hybridized carbons (Fsp3) is 0.440.